The first-order chi connectivity index (χ1) is 9.88. The molecule has 1 aromatic carbocycles. The van der Waals surface area contributed by atoms with E-state index < -0.39 is 5.54 Å². The molecular formula is C16H25NO4. The van der Waals surface area contributed by atoms with Crippen molar-refractivity contribution in [1.29, 1.82) is 0 Å². The molecule has 0 aliphatic rings. The van der Waals surface area contributed by atoms with Crippen molar-refractivity contribution < 1.29 is 19.0 Å². The van der Waals surface area contributed by atoms with E-state index in [1.165, 1.54) is 0 Å². The topological polar surface area (TPSA) is 56.8 Å². The van der Waals surface area contributed by atoms with Gasteiger partial charge in [0.05, 0.1) is 20.8 Å². The Labute approximate surface area is 126 Å². The molecule has 1 rings (SSSR count). The summed E-state index contributed by atoms with van der Waals surface area (Å²) in [5.41, 5.74) is -0.170. The van der Waals surface area contributed by atoms with Gasteiger partial charge in [-0.15, -0.1) is 0 Å². The lowest BCUT2D eigenvalue weighted by Gasteiger charge is -2.31. The summed E-state index contributed by atoms with van der Waals surface area (Å²) in [6.07, 6.45) is 0. The van der Waals surface area contributed by atoms with Gasteiger partial charge in [0.15, 0.2) is 11.5 Å². The molecule has 1 unspecified atom stereocenters. The lowest BCUT2D eigenvalue weighted by Crippen LogP contribution is -2.50. The predicted molar refractivity (Wildman–Crippen MR) is 81.8 cm³/mol. The van der Waals surface area contributed by atoms with Crippen molar-refractivity contribution in [2.45, 2.75) is 39.3 Å². The molecule has 0 radical (unpaired) electrons. The Morgan fingerprint density at radius 3 is 2.33 bits per heavy atom. The van der Waals surface area contributed by atoms with Crippen LogP contribution < -0.4 is 14.8 Å². The molecule has 0 amide bonds. The van der Waals surface area contributed by atoms with Gasteiger partial charge < -0.3 is 14.2 Å². The Balaban J connectivity index is 3.28. The van der Waals surface area contributed by atoms with E-state index >= 15 is 0 Å². The largest absolute Gasteiger partial charge is 0.493 e. The van der Waals surface area contributed by atoms with Crippen LogP contribution in [0.15, 0.2) is 18.2 Å². The quantitative estimate of drug-likeness (QED) is 0.783. The zero-order chi connectivity index (χ0) is 16.0. The third kappa shape index (κ3) is 3.88. The van der Waals surface area contributed by atoms with Crippen molar-refractivity contribution >= 4 is 5.97 Å². The predicted octanol–water partition coefficient (Wildman–Crippen LogP) is 2.48. The molecule has 0 heterocycles. The third-order valence-corrected chi connectivity index (χ3v) is 3.22. The molecule has 0 fully saturated rings. The van der Waals surface area contributed by atoms with Crippen LogP contribution in [0, 0.1) is 0 Å². The minimum absolute atomic E-state index is 0.118. The molecular weight excluding hydrogens is 270 g/mol. The van der Waals surface area contributed by atoms with Crippen LogP contribution in [0.4, 0.5) is 0 Å². The summed E-state index contributed by atoms with van der Waals surface area (Å²) in [5.74, 6) is 0.888. The molecule has 0 aliphatic carbocycles. The first kappa shape index (κ1) is 17.3. The molecule has 0 saturated carbocycles. The fourth-order valence-corrected chi connectivity index (χ4v) is 2.26. The number of esters is 1. The van der Waals surface area contributed by atoms with E-state index in [1.807, 2.05) is 26.8 Å². The van der Waals surface area contributed by atoms with Crippen LogP contribution in [0.5, 0.6) is 11.5 Å². The first-order valence-corrected chi connectivity index (χ1v) is 7.06. The minimum Gasteiger partial charge on any atom is -0.493 e. The van der Waals surface area contributed by atoms with Crippen molar-refractivity contribution in [2.24, 2.45) is 0 Å². The first-order valence-electron chi connectivity index (χ1n) is 7.06. The summed E-state index contributed by atoms with van der Waals surface area (Å²) in [4.78, 5) is 12.4. The normalized spacial score (nSPS) is 13.7. The molecule has 21 heavy (non-hydrogen) atoms. The summed E-state index contributed by atoms with van der Waals surface area (Å²) >= 11 is 0. The van der Waals surface area contributed by atoms with Crippen LogP contribution in [-0.4, -0.2) is 32.8 Å². The zero-order valence-electron chi connectivity index (χ0n) is 13.6. The van der Waals surface area contributed by atoms with Gasteiger partial charge in [0, 0.05) is 6.04 Å². The lowest BCUT2D eigenvalue weighted by molar-refractivity contribution is -0.151. The highest BCUT2D eigenvalue weighted by Gasteiger charge is 2.37. The van der Waals surface area contributed by atoms with E-state index in [2.05, 4.69) is 5.32 Å². The van der Waals surface area contributed by atoms with E-state index in [1.54, 1.807) is 33.3 Å². The van der Waals surface area contributed by atoms with E-state index in [-0.39, 0.29) is 12.0 Å². The number of ether oxygens (including phenoxy) is 3. The number of rotatable bonds is 7. The molecule has 5 heteroatoms. The molecule has 0 saturated heterocycles. The Morgan fingerprint density at radius 2 is 1.86 bits per heavy atom. The van der Waals surface area contributed by atoms with Gasteiger partial charge >= 0.3 is 5.97 Å². The summed E-state index contributed by atoms with van der Waals surface area (Å²) in [5, 5.41) is 3.27. The van der Waals surface area contributed by atoms with Crippen molar-refractivity contribution in [1.82, 2.24) is 5.32 Å². The van der Waals surface area contributed by atoms with Crippen LogP contribution in [0.25, 0.3) is 0 Å². The second-order valence-electron chi connectivity index (χ2n) is 5.21. The summed E-state index contributed by atoms with van der Waals surface area (Å²) < 4.78 is 15.8. The van der Waals surface area contributed by atoms with E-state index in [0.717, 1.165) is 5.56 Å². The summed E-state index contributed by atoms with van der Waals surface area (Å²) in [7, 11) is 3.15. The van der Waals surface area contributed by atoms with E-state index in [9.17, 15) is 4.79 Å². The van der Waals surface area contributed by atoms with Gasteiger partial charge in [0.2, 0.25) is 0 Å². The van der Waals surface area contributed by atoms with Crippen molar-refractivity contribution in [3.63, 3.8) is 0 Å². The van der Waals surface area contributed by atoms with Crippen molar-refractivity contribution in [3.8, 4) is 11.5 Å². The Kier molecular flexibility index (Phi) is 6.03. The van der Waals surface area contributed by atoms with Crippen LogP contribution in [0.3, 0.4) is 0 Å². The maximum absolute atomic E-state index is 12.4. The lowest BCUT2D eigenvalue weighted by atomic mass is 9.90. The van der Waals surface area contributed by atoms with Gasteiger partial charge in [-0.1, -0.05) is 6.07 Å². The van der Waals surface area contributed by atoms with Gasteiger partial charge in [0.1, 0.15) is 5.54 Å². The second-order valence-corrected chi connectivity index (χ2v) is 5.21. The molecule has 1 N–H and O–H groups in total. The highest BCUT2D eigenvalue weighted by Crippen LogP contribution is 2.33. The number of benzene rings is 1. The summed E-state index contributed by atoms with van der Waals surface area (Å²) in [6, 6.07) is 5.54. The standard InChI is InChI=1S/C16H25NO4/c1-7-21-15(18)16(4,17-11(2)3)12-8-9-13(19-5)14(10-12)20-6/h8-11,17H,7H2,1-6H3. The molecule has 0 aromatic heterocycles. The molecule has 1 aromatic rings. The maximum atomic E-state index is 12.4. The van der Waals surface area contributed by atoms with Crippen LogP contribution >= 0.6 is 0 Å². The highest BCUT2D eigenvalue weighted by molar-refractivity contribution is 5.82. The van der Waals surface area contributed by atoms with Gasteiger partial charge in [-0.05, 0) is 45.4 Å². The number of carbonyl (C=O) groups is 1. The highest BCUT2D eigenvalue weighted by atomic mass is 16.5. The van der Waals surface area contributed by atoms with Gasteiger partial charge in [-0.3, -0.25) is 5.32 Å². The average molecular weight is 295 g/mol. The number of nitrogens with one attached hydrogen (secondary N) is 1. The van der Waals surface area contributed by atoms with Crippen molar-refractivity contribution in [3.05, 3.63) is 23.8 Å². The molecule has 0 bridgehead atoms. The molecule has 118 valence electrons. The van der Waals surface area contributed by atoms with Gasteiger partial charge in [-0.25, -0.2) is 4.79 Å². The monoisotopic (exact) mass is 295 g/mol. The Bertz CT molecular complexity index is 487. The SMILES string of the molecule is CCOC(=O)C(C)(NC(C)C)c1ccc(OC)c(OC)c1. The van der Waals surface area contributed by atoms with Crippen LogP contribution in [0.1, 0.15) is 33.3 Å². The molecule has 5 nitrogen and oxygen atoms in total. The molecule has 0 spiro atoms. The summed E-state index contributed by atoms with van der Waals surface area (Å²) in [6.45, 7) is 7.91. The Morgan fingerprint density at radius 1 is 1.24 bits per heavy atom. The third-order valence-electron chi connectivity index (χ3n) is 3.22. The number of hydrogen-bond donors (Lipinski definition) is 1. The molecule has 0 aliphatic heterocycles. The number of hydrogen-bond acceptors (Lipinski definition) is 5. The zero-order valence-corrected chi connectivity index (χ0v) is 13.6. The second kappa shape index (κ2) is 7.31. The van der Waals surface area contributed by atoms with Crippen LogP contribution in [-0.2, 0) is 15.1 Å². The van der Waals surface area contributed by atoms with Crippen molar-refractivity contribution in [2.75, 3.05) is 20.8 Å². The number of methoxy groups -OCH3 is 2. The Hall–Kier alpha value is -1.75. The van der Waals surface area contributed by atoms with E-state index in [0.29, 0.717) is 18.1 Å². The van der Waals surface area contributed by atoms with Crippen LogP contribution in [0.2, 0.25) is 0 Å². The van der Waals surface area contributed by atoms with E-state index in [4.69, 9.17) is 14.2 Å². The number of carbonyl (C=O) groups excluding carboxylic acids is 1. The van der Waals surface area contributed by atoms with Gasteiger partial charge in [0.25, 0.3) is 0 Å². The fraction of sp³-hybridized carbons (Fsp3) is 0.562. The maximum Gasteiger partial charge on any atom is 0.330 e. The van der Waals surface area contributed by atoms with Gasteiger partial charge in [-0.2, -0.15) is 0 Å². The smallest absolute Gasteiger partial charge is 0.330 e. The molecule has 1 atom stereocenters. The fourth-order valence-electron chi connectivity index (χ4n) is 2.26. The minimum atomic E-state index is -0.941. The average Bonchev–Trinajstić information content (AvgIpc) is 2.45.